The number of ether oxygens (including phenoxy) is 3. The monoisotopic (exact) mass is 471 g/mol. The number of allylic oxidation sites excluding steroid dienone is 2. The molecular weight excluding hydrogens is 442 g/mol. The molecule has 182 valence electrons. The third-order valence-electron chi connectivity index (χ3n) is 6.36. The highest BCUT2D eigenvalue weighted by Crippen LogP contribution is 2.43. The summed E-state index contributed by atoms with van der Waals surface area (Å²) in [6, 6.07) is 4.21. The molecule has 1 fully saturated rings. The van der Waals surface area contributed by atoms with Crippen LogP contribution in [0.25, 0.3) is 0 Å². The normalized spacial score (nSPS) is 21.6. The fraction of sp³-hybridized carbons (Fsp3) is 0.478. The van der Waals surface area contributed by atoms with Gasteiger partial charge in [-0.25, -0.2) is 9.79 Å². The number of urea groups is 1. The highest BCUT2D eigenvalue weighted by atomic mass is 16.5. The van der Waals surface area contributed by atoms with Crippen LogP contribution < -0.4 is 14.4 Å². The smallest absolute Gasteiger partial charge is 0.328 e. The molecule has 34 heavy (non-hydrogen) atoms. The molecule has 0 saturated carbocycles. The Morgan fingerprint density at radius 2 is 1.85 bits per heavy atom. The molecule has 11 heteroatoms. The lowest BCUT2D eigenvalue weighted by Crippen LogP contribution is -2.64. The summed E-state index contributed by atoms with van der Waals surface area (Å²) < 4.78 is 15.9. The first-order chi connectivity index (χ1) is 16.2. The summed E-state index contributed by atoms with van der Waals surface area (Å²) in [6.07, 6.45) is -0.762. The number of carbonyl (C=O) groups excluding carboxylic acids is 3. The maximum atomic E-state index is 13.5. The van der Waals surface area contributed by atoms with Crippen molar-refractivity contribution in [3.8, 4) is 11.5 Å². The quantitative estimate of drug-likeness (QED) is 0.556. The molecule has 2 unspecified atom stereocenters. The first-order valence-corrected chi connectivity index (χ1v) is 11.1. The maximum Gasteiger partial charge on any atom is 0.328 e. The second-order valence-corrected chi connectivity index (χ2v) is 8.14. The summed E-state index contributed by atoms with van der Waals surface area (Å²) in [5, 5.41) is 0. The Hall–Kier alpha value is -3.76. The molecule has 0 N–H and O–H groups in total. The largest absolute Gasteiger partial charge is 0.497 e. The number of anilines is 1. The van der Waals surface area contributed by atoms with Crippen LogP contribution in [-0.4, -0.2) is 85.2 Å². The minimum Gasteiger partial charge on any atom is -0.497 e. The first kappa shape index (κ1) is 23.4. The molecule has 3 heterocycles. The van der Waals surface area contributed by atoms with Crippen LogP contribution >= 0.6 is 0 Å². The standard InChI is InChI=1S/C23H29N5O6/c1-7-34-18(29)10-11-26-21(30)19-20(25(4)23(26)31)24-22-27(13(2)14(3)28(19)22)16-12-15(32-5)8-9-17(16)33-6/h8-9,12,19-20H,7,10-11H2,1-6H3. The van der Waals surface area contributed by atoms with Crippen molar-refractivity contribution >= 4 is 29.6 Å². The van der Waals surface area contributed by atoms with Gasteiger partial charge in [-0.2, -0.15) is 0 Å². The Kier molecular flexibility index (Phi) is 6.11. The van der Waals surface area contributed by atoms with Gasteiger partial charge in [0, 0.05) is 31.1 Å². The van der Waals surface area contributed by atoms with Crippen LogP contribution in [0.1, 0.15) is 27.2 Å². The van der Waals surface area contributed by atoms with E-state index in [9.17, 15) is 14.4 Å². The molecule has 4 rings (SSSR count). The lowest BCUT2D eigenvalue weighted by Gasteiger charge is -2.40. The van der Waals surface area contributed by atoms with Crippen LogP contribution in [0.5, 0.6) is 11.5 Å². The molecular formula is C23H29N5O6. The Balaban J connectivity index is 1.70. The van der Waals surface area contributed by atoms with Gasteiger partial charge in [0.1, 0.15) is 11.5 Å². The van der Waals surface area contributed by atoms with Gasteiger partial charge in [0.2, 0.25) is 5.96 Å². The van der Waals surface area contributed by atoms with Gasteiger partial charge in [-0.1, -0.05) is 0 Å². The maximum absolute atomic E-state index is 13.5. The van der Waals surface area contributed by atoms with Gasteiger partial charge < -0.3 is 19.1 Å². The molecule has 0 radical (unpaired) electrons. The van der Waals surface area contributed by atoms with Crippen molar-refractivity contribution in [3.05, 3.63) is 29.6 Å². The lowest BCUT2D eigenvalue weighted by atomic mass is 10.1. The number of rotatable bonds is 7. The topological polar surface area (TPSA) is 104 Å². The van der Waals surface area contributed by atoms with Crippen molar-refractivity contribution in [1.29, 1.82) is 0 Å². The number of likely N-dealkylation sites (N-methyl/N-ethyl adjacent to an activating group) is 1. The second kappa shape index (κ2) is 8.88. The zero-order valence-corrected chi connectivity index (χ0v) is 20.2. The minimum absolute atomic E-state index is 0.0532. The number of carbonyl (C=O) groups is 3. The second-order valence-electron chi connectivity index (χ2n) is 8.14. The van der Waals surface area contributed by atoms with E-state index in [2.05, 4.69) is 0 Å². The van der Waals surface area contributed by atoms with Crippen molar-refractivity contribution in [3.63, 3.8) is 0 Å². The fourth-order valence-electron chi connectivity index (χ4n) is 4.51. The van der Waals surface area contributed by atoms with E-state index >= 15 is 0 Å². The fourth-order valence-corrected chi connectivity index (χ4v) is 4.51. The SMILES string of the molecule is CCOC(=O)CCN1C(=O)C2C(N=C3N(c4cc(OC)ccc4OC)C(C)=C(C)N32)N(C)C1=O. The number of methoxy groups -OCH3 is 2. The van der Waals surface area contributed by atoms with E-state index in [1.165, 1.54) is 4.90 Å². The third kappa shape index (κ3) is 3.51. The minimum atomic E-state index is -0.739. The van der Waals surface area contributed by atoms with E-state index in [-0.39, 0.29) is 19.6 Å². The highest BCUT2D eigenvalue weighted by Gasteiger charge is 2.56. The zero-order chi connectivity index (χ0) is 24.7. The van der Waals surface area contributed by atoms with Crippen LogP contribution in [0.3, 0.4) is 0 Å². The van der Waals surface area contributed by atoms with Crippen molar-refractivity contribution in [2.24, 2.45) is 4.99 Å². The number of imide groups is 1. The van der Waals surface area contributed by atoms with E-state index in [1.54, 1.807) is 40.3 Å². The van der Waals surface area contributed by atoms with Gasteiger partial charge in [-0.3, -0.25) is 24.3 Å². The van der Waals surface area contributed by atoms with Crippen LogP contribution in [-0.2, 0) is 14.3 Å². The van der Waals surface area contributed by atoms with Crippen LogP contribution in [0.4, 0.5) is 10.5 Å². The van der Waals surface area contributed by atoms with Gasteiger partial charge >= 0.3 is 12.0 Å². The predicted molar refractivity (Wildman–Crippen MR) is 123 cm³/mol. The molecule has 0 aliphatic carbocycles. The number of aliphatic imine (C=N–C) groups is 1. The number of benzene rings is 1. The summed E-state index contributed by atoms with van der Waals surface area (Å²) in [5.74, 6) is 0.920. The van der Waals surface area contributed by atoms with Crippen molar-refractivity contribution in [2.45, 2.75) is 39.4 Å². The number of hydrogen-bond donors (Lipinski definition) is 0. The summed E-state index contributed by atoms with van der Waals surface area (Å²) in [4.78, 5) is 49.4. The molecule has 3 aliphatic heterocycles. The summed E-state index contributed by atoms with van der Waals surface area (Å²) in [6.45, 7) is 5.74. The Labute approximate surface area is 198 Å². The third-order valence-corrected chi connectivity index (χ3v) is 6.36. The lowest BCUT2D eigenvalue weighted by molar-refractivity contribution is -0.144. The number of amides is 3. The average molecular weight is 472 g/mol. The Morgan fingerprint density at radius 1 is 1.12 bits per heavy atom. The van der Waals surface area contributed by atoms with Gasteiger partial charge in [0.05, 0.1) is 32.9 Å². The van der Waals surface area contributed by atoms with Crippen LogP contribution in [0, 0.1) is 0 Å². The van der Waals surface area contributed by atoms with E-state index in [0.29, 0.717) is 23.1 Å². The highest BCUT2D eigenvalue weighted by molar-refractivity contribution is 6.11. The van der Waals surface area contributed by atoms with Crippen molar-refractivity contribution < 1.29 is 28.6 Å². The van der Waals surface area contributed by atoms with E-state index in [4.69, 9.17) is 19.2 Å². The summed E-state index contributed by atoms with van der Waals surface area (Å²) >= 11 is 0. The van der Waals surface area contributed by atoms with Gasteiger partial charge in [0.15, 0.2) is 12.2 Å². The first-order valence-electron chi connectivity index (χ1n) is 11.1. The molecule has 0 bridgehead atoms. The molecule has 0 spiro atoms. The van der Waals surface area contributed by atoms with E-state index in [0.717, 1.165) is 16.3 Å². The van der Waals surface area contributed by atoms with E-state index < -0.39 is 30.1 Å². The molecule has 11 nitrogen and oxygen atoms in total. The molecule has 3 amide bonds. The molecule has 1 saturated heterocycles. The number of fused-ring (bicyclic) bond motifs is 3. The van der Waals surface area contributed by atoms with Crippen LogP contribution in [0.15, 0.2) is 34.6 Å². The molecule has 0 aromatic heterocycles. The number of nitrogens with zero attached hydrogens (tertiary/aromatic N) is 5. The molecule has 3 aliphatic rings. The Bertz CT molecular complexity index is 1100. The van der Waals surface area contributed by atoms with Crippen molar-refractivity contribution in [1.82, 2.24) is 14.7 Å². The van der Waals surface area contributed by atoms with Crippen molar-refractivity contribution in [2.75, 3.05) is 39.3 Å². The van der Waals surface area contributed by atoms with E-state index in [1.807, 2.05) is 29.7 Å². The molecule has 2 atom stereocenters. The number of esters is 1. The zero-order valence-electron chi connectivity index (χ0n) is 20.2. The average Bonchev–Trinajstić information content (AvgIpc) is 3.32. The van der Waals surface area contributed by atoms with Gasteiger partial charge in [0.25, 0.3) is 5.91 Å². The summed E-state index contributed by atoms with van der Waals surface area (Å²) in [7, 11) is 4.78. The predicted octanol–water partition coefficient (Wildman–Crippen LogP) is 1.99. The van der Waals surface area contributed by atoms with Gasteiger partial charge in [-0.05, 0) is 32.9 Å². The summed E-state index contributed by atoms with van der Waals surface area (Å²) in [5.41, 5.74) is 2.41. The number of hydrogen-bond acceptors (Lipinski definition) is 9. The van der Waals surface area contributed by atoms with Crippen LogP contribution in [0.2, 0.25) is 0 Å². The molecule has 1 aromatic rings. The number of guanidine groups is 1. The Morgan fingerprint density at radius 3 is 2.50 bits per heavy atom. The van der Waals surface area contributed by atoms with Gasteiger partial charge in [-0.15, -0.1) is 0 Å². The molecule has 1 aromatic carbocycles.